The topological polar surface area (TPSA) is 132 Å². The second-order valence-corrected chi connectivity index (χ2v) is 12.3. The van der Waals surface area contributed by atoms with Gasteiger partial charge in [0.15, 0.2) is 0 Å². The lowest BCUT2D eigenvalue weighted by Crippen LogP contribution is -2.45. The summed E-state index contributed by atoms with van der Waals surface area (Å²) in [4.78, 5) is 48.8. The third kappa shape index (κ3) is 13.8. The number of fused-ring (bicyclic) bond motifs is 1. The molecule has 0 spiro atoms. The lowest BCUT2D eigenvalue weighted by Gasteiger charge is -2.32. The summed E-state index contributed by atoms with van der Waals surface area (Å²) in [5, 5.41) is 16.8. The van der Waals surface area contributed by atoms with Crippen molar-refractivity contribution in [3.8, 4) is 5.75 Å². The number of halogens is 7. The first-order valence-corrected chi connectivity index (χ1v) is 16.8. The maximum Gasteiger partial charge on any atom is 0.458 e. The van der Waals surface area contributed by atoms with E-state index >= 15 is 0 Å². The van der Waals surface area contributed by atoms with Gasteiger partial charge in [0.05, 0.1) is 4.70 Å². The van der Waals surface area contributed by atoms with E-state index in [2.05, 4.69) is 29.5 Å². The smallest absolute Gasteiger partial charge is 0.458 e. The molecule has 9 nitrogen and oxygen atoms in total. The van der Waals surface area contributed by atoms with E-state index in [1.165, 1.54) is 6.07 Å². The molecule has 50 heavy (non-hydrogen) atoms. The highest BCUT2D eigenvalue weighted by atomic mass is 32.1. The number of benzene rings is 2. The van der Waals surface area contributed by atoms with Crippen molar-refractivity contribution >= 4 is 39.0 Å². The molecule has 0 atom stereocenters. The van der Waals surface area contributed by atoms with Crippen molar-refractivity contribution in [2.75, 3.05) is 32.7 Å². The van der Waals surface area contributed by atoms with Gasteiger partial charge in [-0.05, 0) is 68.1 Å². The van der Waals surface area contributed by atoms with Gasteiger partial charge in [0, 0.05) is 32.1 Å². The van der Waals surface area contributed by atoms with Gasteiger partial charge in [0.1, 0.15) is 17.1 Å². The molecule has 0 saturated carbocycles. The molecule has 0 radical (unpaired) electrons. The number of hydrogen-bond acceptors (Lipinski definition) is 8. The number of rotatable bonds is 18. The maximum atomic E-state index is 13.4. The highest BCUT2D eigenvalue weighted by Gasteiger charge is 2.54. The Kier molecular flexibility index (Phi) is 17.0. The zero-order valence-electron chi connectivity index (χ0n) is 27.6. The standard InChI is InChI=1S/C29H41FN4O3S.C4F6O2/c1-3-6-24(7-4-2)34(26(36)14-17-31-15-12-21-8-5-9-23(30)20-21)19-18-32-16-13-22-10-11-25(35)27-28(22)38-29(37)33-27;5-3(6,7)1(11)2(12)4(8,9)10/h5,8-11,20,24,31-32,35H,3-4,6-7,12-19H2,1-2H3,(H,33,37);. The second-order valence-electron chi connectivity index (χ2n) is 11.3. The fourth-order valence-corrected chi connectivity index (χ4v) is 5.99. The largest absolute Gasteiger partial charge is 0.506 e. The Labute approximate surface area is 288 Å². The lowest BCUT2D eigenvalue weighted by atomic mass is 10.0. The van der Waals surface area contributed by atoms with E-state index in [0.717, 1.165) is 65.7 Å². The average molecular weight is 739 g/mol. The van der Waals surface area contributed by atoms with Gasteiger partial charge in [-0.3, -0.25) is 19.2 Å². The summed E-state index contributed by atoms with van der Waals surface area (Å²) in [5.41, 5.74) is 2.46. The van der Waals surface area contributed by atoms with Crippen molar-refractivity contribution in [1.29, 1.82) is 0 Å². The molecule has 1 amide bonds. The van der Waals surface area contributed by atoms with Crippen LogP contribution in [0.1, 0.15) is 57.1 Å². The van der Waals surface area contributed by atoms with Crippen LogP contribution in [0.3, 0.4) is 0 Å². The number of phenols is 1. The number of nitrogens with one attached hydrogen (secondary N) is 3. The molecule has 0 bridgehead atoms. The molecule has 0 unspecified atom stereocenters. The van der Waals surface area contributed by atoms with Crippen LogP contribution in [0.25, 0.3) is 10.2 Å². The third-order valence-corrected chi connectivity index (χ3v) is 8.42. The van der Waals surface area contributed by atoms with E-state index in [0.29, 0.717) is 44.7 Å². The van der Waals surface area contributed by atoms with Gasteiger partial charge in [-0.25, -0.2) is 4.39 Å². The Hall–Kier alpha value is -3.83. The molecular weight excluding hydrogens is 697 g/mol. The van der Waals surface area contributed by atoms with Crippen LogP contribution in [-0.2, 0) is 27.2 Å². The first kappa shape index (κ1) is 42.3. The number of H-pyrrole nitrogens is 1. The van der Waals surface area contributed by atoms with Crippen LogP contribution < -0.4 is 15.5 Å². The second kappa shape index (κ2) is 20.1. The number of ketones is 2. The lowest BCUT2D eigenvalue weighted by molar-refractivity contribution is -0.193. The first-order valence-electron chi connectivity index (χ1n) is 16.0. The number of aromatic hydroxyl groups is 1. The van der Waals surface area contributed by atoms with Crippen LogP contribution in [0.15, 0.2) is 41.2 Å². The molecule has 278 valence electrons. The van der Waals surface area contributed by atoms with Crippen LogP contribution >= 0.6 is 11.3 Å². The number of phenolic OH excluding ortho intramolecular Hbond substituents is 1. The molecule has 17 heteroatoms. The highest BCUT2D eigenvalue weighted by molar-refractivity contribution is 7.16. The molecule has 3 aromatic rings. The van der Waals surface area contributed by atoms with Gasteiger partial charge >= 0.3 is 28.8 Å². The number of carbonyl (C=O) groups is 3. The van der Waals surface area contributed by atoms with Crippen molar-refractivity contribution in [3.63, 3.8) is 0 Å². The third-order valence-electron chi connectivity index (χ3n) is 7.46. The summed E-state index contributed by atoms with van der Waals surface area (Å²) >= 11 is 1.12. The van der Waals surface area contributed by atoms with Crippen molar-refractivity contribution in [2.45, 2.75) is 77.2 Å². The Morgan fingerprint density at radius 2 is 1.48 bits per heavy atom. The van der Waals surface area contributed by atoms with Gasteiger partial charge in [-0.15, -0.1) is 0 Å². The number of thiazole rings is 1. The summed E-state index contributed by atoms with van der Waals surface area (Å²) < 4.78 is 81.1. The molecular formula is C33H41F7N4O5S. The van der Waals surface area contributed by atoms with Gasteiger partial charge in [0.2, 0.25) is 5.91 Å². The number of nitrogens with zero attached hydrogens (tertiary/aromatic N) is 1. The van der Waals surface area contributed by atoms with Crippen molar-refractivity contribution < 1.29 is 50.2 Å². The monoisotopic (exact) mass is 738 g/mol. The van der Waals surface area contributed by atoms with E-state index in [1.807, 2.05) is 17.0 Å². The van der Waals surface area contributed by atoms with Gasteiger partial charge in [-0.2, -0.15) is 26.3 Å². The van der Waals surface area contributed by atoms with E-state index in [1.54, 1.807) is 18.2 Å². The minimum atomic E-state index is -5.77. The van der Waals surface area contributed by atoms with Gasteiger partial charge < -0.3 is 25.6 Å². The van der Waals surface area contributed by atoms with Crippen LogP contribution in [-0.4, -0.2) is 83.6 Å². The molecule has 1 aromatic heterocycles. The number of alkyl halides is 6. The Bertz CT molecular complexity index is 1580. The van der Waals surface area contributed by atoms with E-state index in [4.69, 9.17) is 0 Å². The molecule has 0 saturated heterocycles. The normalized spacial score (nSPS) is 11.8. The van der Waals surface area contributed by atoms with E-state index in [-0.39, 0.29) is 28.4 Å². The summed E-state index contributed by atoms with van der Waals surface area (Å²) in [6, 6.07) is 10.3. The van der Waals surface area contributed by atoms with Gasteiger partial charge in [-0.1, -0.05) is 56.2 Å². The number of amides is 1. The van der Waals surface area contributed by atoms with Crippen LogP contribution in [0.4, 0.5) is 30.7 Å². The van der Waals surface area contributed by atoms with E-state index < -0.39 is 23.9 Å². The first-order chi connectivity index (χ1) is 23.5. The molecule has 1 heterocycles. The quantitative estimate of drug-likeness (QED) is 0.0734. The predicted molar refractivity (Wildman–Crippen MR) is 176 cm³/mol. The summed E-state index contributed by atoms with van der Waals surface area (Å²) in [6.07, 6.45) is -5.62. The van der Waals surface area contributed by atoms with Crippen molar-refractivity contribution in [1.82, 2.24) is 20.5 Å². The molecule has 2 aromatic carbocycles. The Morgan fingerprint density at radius 3 is 2.06 bits per heavy atom. The number of aromatic amines is 1. The molecule has 3 rings (SSSR count). The number of Topliss-reactive ketones (excluding diaryl/α,β-unsaturated/α-hetero) is 2. The number of hydrogen-bond donors (Lipinski definition) is 4. The van der Waals surface area contributed by atoms with Crippen molar-refractivity contribution in [2.24, 2.45) is 0 Å². The fraction of sp³-hybridized carbons (Fsp3) is 0.515. The van der Waals surface area contributed by atoms with Crippen LogP contribution in [0.5, 0.6) is 5.75 Å². The summed E-state index contributed by atoms with van der Waals surface area (Å²) in [7, 11) is 0. The van der Waals surface area contributed by atoms with Crippen molar-refractivity contribution in [3.05, 3.63) is 63.0 Å². The molecule has 0 fully saturated rings. The molecule has 0 aliphatic carbocycles. The number of aromatic nitrogens is 1. The van der Waals surface area contributed by atoms with Crippen LogP contribution in [0.2, 0.25) is 0 Å². The Balaban J connectivity index is 0.000000616. The van der Waals surface area contributed by atoms with E-state index in [9.17, 15) is 55.0 Å². The zero-order valence-corrected chi connectivity index (χ0v) is 28.4. The maximum absolute atomic E-state index is 13.4. The average Bonchev–Trinajstić information content (AvgIpc) is 3.44. The predicted octanol–water partition coefficient (Wildman–Crippen LogP) is 5.84. The minimum absolute atomic E-state index is 0.0885. The SMILES string of the molecule is CCCC(CCC)N(CCNCCc1ccc(O)c2[nH]c(=O)sc12)C(=O)CCNCCc1cccc(F)c1.O=C(C(=O)C(F)(F)F)C(F)(F)F. The highest BCUT2D eigenvalue weighted by Crippen LogP contribution is 2.28. The number of carbonyl (C=O) groups excluding carboxylic acids is 3. The summed E-state index contributed by atoms with van der Waals surface area (Å²) in [5.74, 6) is -6.79. The minimum Gasteiger partial charge on any atom is -0.506 e. The zero-order chi connectivity index (χ0) is 37.5. The van der Waals surface area contributed by atoms with Gasteiger partial charge in [0.25, 0.3) is 0 Å². The fourth-order valence-electron chi connectivity index (χ4n) is 5.10. The van der Waals surface area contributed by atoms with Crippen LogP contribution in [0, 0.1) is 5.82 Å². The molecule has 0 aliphatic heterocycles. The molecule has 4 N–H and O–H groups in total. The Morgan fingerprint density at radius 1 is 0.880 bits per heavy atom. The molecule has 0 aliphatic rings. The summed E-state index contributed by atoms with van der Waals surface area (Å²) in [6.45, 7) is 7.66.